The molecule has 0 saturated heterocycles. The van der Waals surface area contributed by atoms with Crippen molar-refractivity contribution in [1.82, 2.24) is 9.78 Å². The Balaban J connectivity index is 2.61. The Kier molecular flexibility index (Phi) is 3.28. The lowest BCUT2D eigenvalue weighted by molar-refractivity contribution is -0.385. The molecule has 2 rings (SSSR count). The van der Waals surface area contributed by atoms with Gasteiger partial charge in [-0.1, -0.05) is 29.3 Å². The summed E-state index contributed by atoms with van der Waals surface area (Å²) in [7, 11) is 0. The second-order valence-corrected chi connectivity index (χ2v) is 4.59. The fourth-order valence-electron chi connectivity index (χ4n) is 1.58. The maximum Gasteiger partial charge on any atom is 0.329 e. The van der Waals surface area contributed by atoms with E-state index in [4.69, 9.17) is 23.2 Å². The molecule has 0 radical (unpaired) electrons. The Morgan fingerprint density at radius 1 is 1.33 bits per heavy atom. The zero-order valence-corrected chi connectivity index (χ0v) is 11.2. The number of halogens is 2. The van der Waals surface area contributed by atoms with Gasteiger partial charge in [0.1, 0.15) is 5.69 Å². The fraction of sp³-hybridized carbons (Fsp3) is 0.182. The second-order valence-electron chi connectivity index (χ2n) is 3.83. The summed E-state index contributed by atoms with van der Waals surface area (Å²) in [5.74, 6) is 0. The van der Waals surface area contributed by atoms with Crippen LogP contribution in [0, 0.1) is 24.0 Å². The van der Waals surface area contributed by atoms with Crippen LogP contribution in [-0.4, -0.2) is 14.7 Å². The van der Waals surface area contributed by atoms with Crippen molar-refractivity contribution < 1.29 is 4.92 Å². The highest BCUT2D eigenvalue weighted by atomic mass is 35.5. The average molecular weight is 286 g/mol. The van der Waals surface area contributed by atoms with E-state index in [1.807, 2.05) is 6.92 Å². The minimum absolute atomic E-state index is 0.0302. The number of nitro groups is 1. The van der Waals surface area contributed by atoms with Crippen LogP contribution in [0.3, 0.4) is 0 Å². The molecule has 0 unspecified atom stereocenters. The molecule has 0 aliphatic rings. The van der Waals surface area contributed by atoms with Crippen LogP contribution in [0.15, 0.2) is 18.2 Å². The topological polar surface area (TPSA) is 61.0 Å². The Labute approximate surface area is 113 Å². The first-order valence-electron chi connectivity index (χ1n) is 5.08. The van der Waals surface area contributed by atoms with Crippen LogP contribution in [0.5, 0.6) is 0 Å². The maximum absolute atomic E-state index is 10.9. The van der Waals surface area contributed by atoms with E-state index in [0.717, 1.165) is 5.56 Å². The van der Waals surface area contributed by atoms with Crippen molar-refractivity contribution in [2.24, 2.45) is 0 Å². The van der Waals surface area contributed by atoms with Crippen molar-refractivity contribution in [3.63, 3.8) is 0 Å². The molecule has 5 nitrogen and oxygen atoms in total. The van der Waals surface area contributed by atoms with E-state index in [-0.39, 0.29) is 16.5 Å². The largest absolute Gasteiger partial charge is 0.329 e. The van der Waals surface area contributed by atoms with Gasteiger partial charge in [0, 0.05) is 5.02 Å². The van der Waals surface area contributed by atoms with E-state index in [1.165, 1.54) is 11.6 Å². The molecule has 0 atom stereocenters. The van der Waals surface area contributed by atoms with Crippen LogP contribution in [-0.2, 0) is 0 Å². The van der Waals surface area contributed by atoms with Gasteiger partial charge in [-0.15, -0.1) is 0 Å². The van der Waals surface area contributed by atoms with Crippen molar-refractivity contribution in [1.29, 1.82) is 0 Å². The van der Waals surface area contributed by atoms with Crippen molar-refractivity contribution in [3.8, 4) is 5.69 Å². The van der Waals surface area contributed by atoms with Gasteiger partial charge in [-0.05, 0) is 31.5 Å². The minimum atomic E-state index is -0.545. The molecule has 0 N–H and O–H groups in total. The van der Waals surface area contributed by atoms with Crippen LogP contribution in [0.2, 0.25) is 10.2 Å². The van der Waals surface area contributed by atoms with E-state index in [2.05, 4.69) is 5.10 Å². The van der Waals surface area contributed by atoms with Crippen LogP contribution in [0.4, 0.5) is 5.69 Å². The number of aromatic nitrogens is 2. The summed E-state index contributed by atoms with van der Waals surface area (Å²) in [6.07, 6.45) is 0. The van der Waals surface area contributed by atoms with Crippen molar-refractivity contribution in [2.75, 3.05) is 0 Å². The van der Waals surface area contributed by atoms with E-state index in [1.54, 1.807) is 18.2 Å². The Bertz CT molecular complexity index is 637. The molecule has 0 fully saturated rings. The Morgan fingerprint density at radius 3 is 2.50 bits per heavy atom. The summed E-state index contributed by atoms with van der Waals surface area (Å²) in [4.78, 5) is 10.3. The van der Waals surface area contributed by atoms with Gasteiger partial charge in [-0.2, -0.15) is 5.10 Å². The molecule has 1 aromatic carbocycles. The molecule has 1 heterocycles. The highest BCUT2D eigenvalue weighted by Crippen LogP contribution is 2.31. The molecule has 0 spiro atoms. The highest BCUT2D eigenvalue weighted by Gasteiger charge is 2.24. The number of nitrogens with zero attached hydrogens (tertiary/aromatic N) is 3. The van der Waals surface area contributed by atoms with Gasteiger partial charge in [0.25, 0.3) is 0 Å². The van der Waals surface area contributed by atoms with E-state index in [0.29, 0.717) is 10.7 Å². The van der Waals surface area contributed by atoms with Crippen molar-refractivity contribution in [2.45, 2.75) is 13.8 Å². The number of hydrogen-bond donors (Lipinski definition) is 0. The van der Waals surface area contributed by atoms with Gasteiger partial charge in [0.15, 0.2) is 0 Å². The van der Waals surface area contributed by atoms with Crippen LogP contribution < -0.4 is 0 Å². The third kappa shape index (κ3) is 2.07. The van der Waals surface area contributed by atoms with Gasteiger partial charge < -0.3 is 0 Å². The molecule has 18 heavy (non-hydrogen) atoms. The number of hydrogen-bond acceptors (Lipinski definition) is 3. The summed E-state index contributed by atoms with van der Waals surface area (Å²) >= 11 is 12.0. The van der Waals surface area contributed by atoms with E-state index in [9.17, 15) is 10.1 Å². The highest BCUT2D eigenvalue weighted by molar-refractivity contribution is 6.32. The molecule has 7 heteroatoms. The molecular formula is C11H9Cl2N3O2. The van der Waals surface area contributed by atoms with Gasteiger partial charge in [-0.3, -0.25) is 10.1 Å². The first-order chi connectivity index (χ1) is 8.41. The summed E-state index contributed by atoms with van der Waals surface area (Å²) in [5, 5.41) is 15.4. The van der Waals surface area contributed by atoms with E-state index >= 15 is 0 Å². The van der Waals surface area contributed by atoms with Gasteiger partial charge in [-0.25, -0.2) is 4.68 Å². The van der Waals surface area contributed by atoms with Gasteiger partial charge >= 0.3 is 5.69 Å². The lowest BCUT2D eigenvalue weighted by atomic mass is 10.2. The smallest absolute Gasteiger partial charge is 0.258 e. The molecular weight excluding hydrogens is 277 g/mol. The molecule has 2 aromatic rings. The minimum Gasteiger partial charge on any atom is -0.258 e. The lowest BCUT2D eigenvalue weighted by Crippen LogP contribution is -1.97. The molecule has 0 aliphatic heterocycles. The first kappa shape index (κ1) is 12.9. The monoisotopic (exact) mass is 285 g/mol. The molecule has 0 bridgehead atoms. The molecule has 94 valence electrons. The zero-order chi connectivity index (χ0) is 13.4. The lowest BCUT2D eigenvalue weighted by Gasteiger charge is -2.04. The van der Waals surface area contributed by atoms with Crippen LogP contribution in [0.1, 0.15) is 11.3 Å². The first-order valence-corrected chi connectivity index (χ1v) is 5.83. The second kappa shape index (κ2) is 4.59. The summed E-state index contributed by atoms with van der Waals surface area (Å²) < 4.78 is 1.31. The van der Waals surface area contributed by atoms with Gasteiger partial charge in [0.05, 0.1) is 10.6 Å². The number of rotatable bonds is 2. The summed E-state index contributed by atoms with van der Waals surface area (Å²) in [6, 6.07) is 5.22. The summed E-state index contributed by atoms with van der Waals surface area (Å²) in [5.41, 5.74) is 1.58. The maximum atomic E-state index is 10.9. The van der Waals surface area contributed by atoms with Crippen molar-refractivity contribution in [3.05, 3.63) is 49.7 Å². The predicted octanol–water partition coefficient (Wildman–Crippen LogP) is 3.70. The van der Waals surface area contributed by atoms with Crippen LogP contribution >= 0.6 is 23.2 Å². The summed E-state index contributed by atoms with van der Waals surface area (Å²) in [6.45, 7) is 3.40. The Hall–Kier alpha value is -1.59. The third-order valence-corrected chi connectivity index (χ3v) is 3.30. The normalized spacial score (nSPS) is 10.7. The predicted molar refractivity (Wildman–Crippen MR) is 69.7 cm³/mol. The van der Waals surface area contributed by atoms with Crippen molar-refractivity contribution >= 4 is 28.9 Å². The van der Waals surface area contributed by atoms with Crippen LogP contribution in [0.25, 0.3) is 5.69 Å². The number of benzene rings is 1. The fourth-order valence-corrected chi connectivity index (χ4v) is 2.10. The van der Waals surface area contributed by atoms with Gasteiger partial charge in [0.2, 0.25) is 5.15 Å². The number of aryl methyl sites for hydroxylation is 2. The average Bonchev–Trinajstić information content (AvgIpc) is 2.58. The third-order valence-electron chi connectivity index (χ3n) is 2.56. The molecule has 0 amide bonds. The zero-order valence-electron chi connectivity index (χ0n) is 9.65. The molecule has 0 saturated carbocycles. The van der Waals surface area contributed by atoms with E-state index < -0.39 is 4.92 Å². The molecule has 0 aliphatic carbocycles. The standard InChI is InChI=1S/C11H9Cl2N3O2/c1-6-3-4-8(5-9(6)12)15-11(13)10(16(17)18)7(2)14-15/h3-5H,1-2H3. The Morgan fingerprint density at radius 2 is 2.00 bits per heavy atom. The SMILES string of the molecule is Cc1ccc(-n2nc(C)c([N+](=O)[O-])c2Cl)cc1Cl. The molecule has 1 aromatic heterocycles. The quantitative estimate of drug-likeness (QED) is 0.624.